The van der Waals surface area contributed by atoms with Crippen LogP contribution < -0.4 is 5.73 Å². The molecule has 3 rings (SSSR count). The van der Waals surface area contributed by atoms with Crippen LogP contribution in [0.5, 0.6) is 0 Å². The fourth-order valence-electron chi connectivity index (χ4n) is 1.83. The first-order valence-corrected chi connectivity index (χ1v) is 5.74. The third kappa shape index (κ3) is 1.74. The van der Waals surface area contributed by atoms with E-state index >= 15 is 0 Å². The molecule has 0 spiro atoms. The van der Waals surface area contributed by atoms with Crippen LogP contribution in [-0.4, -0.2) is 19.9 Å². The Bertz CT molecular complexity index is 540. The SMILES string of the molecule is Cc1c(C(N)c2noc(C3CC3)n2)cnn1C. The minimum atomic E-state index is -0.361. The predicted octanol–water partition coefficient (Wildman–Crippen LogP) is 1.04. The first kappa shape index (κ1) is 10.5. The predicted molar refractivity (Wildman–Crippen MR) is 60.2 cm³/mol. The van der Waals surface area contributed by atoms with Gasteiger partial charge in [0.1, 0.15) is 0 Å². The second kappa shape index (κ2) is 3.66. The van der Waals surface area contributed by atoms with Crippen molar-refractivity contribution in [2.45, 2.75) is 31.7 Å². The number of nitrogens with zero attached hydrogens (tertiary/aromatic N) is 4. The Kier molecular flexibility index (Phi) is 2.25. The lowest BCUT2D eigenvalue weighted by Gasteiger charge is -2.05. The molecule has 0 aliphatic heterocycles. The molecule has 1 fully saturated rings. The summed E-state index contributed by atoms with van der Waals surface area (Å²) in [6.45, 7) is 1.98. The molecule has 0 aromatic carbocycles. The number of aromatic nitrogens is 4. The summed E-state index contributed by atoms with van der Waals surface area (Å²) in [5.74, 6) is 1.72. The highest BCUT2D eigenvalue weighted by Crippen LogP contribution is 2.39. The lowest BCUT2D eigenvalue weighted by molar-refractivity contribution is 0.372. The molecule has 2 aromatic rings. The van der Waals surface area contributed by atoms with Gasteiger partial charge in [0.2, 0.25) is 5.89 Å². The topological polar surface area (TPSA) is 82.8 Å². The van der Waals surface area contributed by atoms with E-state index in [1.165, 1.54) is 0 Å². The molecule has 6 nitrogen and oxygen atoms in total. The standard InChI is InChI=1S/C11H15N5O/c1-6-8(5-13-16(6)2)9(12)10-14-11(17-15-10)7-3-4-7/h5,7,9H,3-4,12H2,1-2H3. The van der Waals surface area contributed by atoms with Crippen molar-refractivity contribution in [1.29, 1.82) is 0 Å². The summed E-state index contributed by atoms with van der Waals surface area (Å²) >= 11 is 0. The molecule has 1 unspecified atom stereocenters. The summed E-state index contributed by atoms with van der Waals surface area (Å²) in [5, 5.41) is 8.12. The highest BCUT2D eigenvalue weighted by atomic mass is 16.5. The van der Waals surface area contributed by atoms with Gasteiger partial charge in [-0.3, -0.25) is 4.68 Å². The average Bonchev–Trinajstić information content (AvgIpc) is 2.96. The molecule has 0 amide bonds. The van der Waals surface area contributed by atoms with E-state index in [9.17, 15) is 0 Å². The summed E-state index contributed by atoms with van der Waals surface area (Å²) in [5.41, 5.74) is 8.09. The first-order chi connectivity index (χ1) is 8.16. The van der Waals surface area contributed by atoms with Gasteiger partial charge in [-0.25, -0.2) is 0 Å². The van der Waals surface area contributed by atoms with Gasteiger partial charge in [0, 0.05) is 24.2 Å². The summed E-state index contributed by atoms with van der Waals surface area (Å²) in [7, 11) is 1.89. The van der Waals surface area contributed by atoms with Gasteiger partial charge in [0.05, 0.1) is 12.2 Å². The number of nitrogens with two attached hydrogens (primary N) is 1. The van der Waals surface area contributed by atoms with Crippen LogP contribution in [0, 0.1) is 6.92 Å². The van der Waals surface area contributed by atoms with E-state index in [0.29, 0.717) is 11.7 Å². The Labute approximate surface area is 98.8 Å². The Morgan fingerprint density at radius 1 is 1.53 bits per heavy atom. The van der Waals surface area contributed by atoms with E-state index in [0.717, 1.165) is 30.0 Å². The summed E-state index contributed by atoms with van der Waals surface area (Å²) in [6, 6.07) is -0.361. The Morgan fingerprint density at radius 3 is 2.88 bits per heavy atom. The normalized spacial score (nSPS) is 17.4. The van der Waals surface area contributed by atoms with Gasteiger partial charge in [-0.2, -0.15) is 10.1 Å². The van der Waals surface area contributed by atoms with Crippen LogP contribution in [-0.2, 0) is 7.05 Å². The van der Waals surface area contributed by atoms with Crippen molar-refractivity contribution in [3.63, 3.8) is 0 Å². The molecular weight excluding hydrogens is 218 g/mol. The molecular formula is C11H15N5O. The summed E-state index contributed by atoms with van der Waals surface area (Å²) < 4.78 is 7.00. The lowest BCUT2D eigenvalue weighted by atomic mass is 10.1. The molecule has 1 atom stereocenters. The Balaban J connectivity index is 1.89. The minimum absolute atomic E-state index is 0.361. The van der Waals surface area contributed by atoms with Crippen LogP contribution in [0.1, 0.15) is 47.8 Å². The van der Waals surface area contributed by atoms with E-state index in [1.54, 1.807) is 10.9 Å². The third-order valence-electron chi connectivity index (χ3n) is 3.27. The monoisotopic (exact) mass is 233 g/mol. The van der Waals surface area contributed by atoms with Crippen molar-refractivity contribution in [3.05, 3.63) is 29.2 Å². The smallest absolute Gasteiger partial charge is 0.229 e. The first-order valence-electron chi connectivity index (χ1n) is 5.74. The van der Waals surface area contributed by atoms with E-state index < -0.39 is 0 Å². The van der Waals surface area contributed by atoms with Gasteiger partial charge >= 0.3 is 0 Å². The fourth-order valence-corrected chi connectivity index (χ4v) is 1.83. The zero-order valence-corrected chi connectivity index (χ0v) is 9.92. The largest absolute Gasteiger partial charge is 0.339 e. The molecule has 0 saturated heterocycles. The van der Waals surface area contributed by atoms with Gasteiger partial charge in [0.15, 0.2) is 5.82 Å². The van der Waals surface area contributed by atoms with E-state index in [-0.39, 0.29) is 6.04 Å². The van der Waals surface area contributed by atoms with Crippen molar-refractivity contribution in [3.8, 4) is 0 Å². The van der Waals surface area contributed by atoms with Crippen molar-refractivity contribution in [2.75, 3.05) is 0 Å². The summed E-state index contributed by atoms with van der Waals surface area (Å²) in [4.78, 5) is 4.36. The van der Waals surface area contributed by atoms with Gasteiger partial charge < -0.3 is 10.3 Å². The molecule has 17 heavy (non-hydrogen) atoms. The zero-order valence-electron chi connectivity index (χ0n) is 9.92. The second-order valence-corrected chi connectivity index (χ2v) is 4.55. The zero-order chi connectivity index (χ0) is 12.0. The average molecular weight is 233 g/mol. The molecule has 2 N–H and O–H groups in total. The van der Waals surface area contributed by atoms with E-state index in [4.69, 9.17) is 10.3 Å². The molecule has 1 aliphatic carbocycles. The molecule has 0 bridgehead atoms. The number of rotatable bonds is 3. The van der Waals surface area contributed by atoms with Crippen LogP contribution >= 0.6 is 0 Å². The van der Waals surface area contributed by atoms with Crippen LogP contribution in [0.25, 0.3) is 0 Å². The molecule has 2 aromatic heterocycles. The highest BCUT2D eigenvalue weighted by molar-refractivity contribution is 5.25. The molecule has 90 valence electrons. The van der Waals surface area contributed by atoms with Gasteiger partial charge in [0.25, 0.3) is 0 Å². The maximum absolute atomic E-state index is 6.13. The molecule has 0 radical (unpaired) electrons. The van der Waals surface area contributed by atoms with Crippen LogP contribution in [0.3, 0.4) is 0 Å². The van der Waals surface area contributed by atoms with Crippen LogP contribution in [0.2, 0.25) is 0 Å². The van der Waals surface area contributed by atoms with Crippen molar-refractivity contribution >= 4 is 0 Å². The quantitative estimate of drug-likeness (QED) is 0.856. The minimum Gasteiger partial charge on any atom is -0.339 e. The van der Waals surface area contributed by atoms with Crippen LogP contribution in [0.4, 0.5) is 0 Å². The van der Waals surface area contributed by atoms with Crippen molar-refractivity contribution < 1.29 is 4.52 Å². The maximum Gasteiger partial charge on any atom is 0.229 e. The fraction of sp³-hybridized carbons (Fsp3) is 0.545. The summed E-state index contributed by atoms with van der Waals surface area (Å²) in [6.07, 6.45) is 4.04. The van der Waals surface area contributed by atoms with Crippen molar-refractivity contribution in [1.82, 2.24) is 19.9 Å². The highest BCUT2D eigenvalue weighted by Gasteiger charge is 2.31. The molecule has 2 heterocycles. The third-order valence-corrected chi connectivity index (χ3v) is 3.27. The van der Waals surface area contributed by atoms with Gasteiger partial charge in [-0.05, 0) is 19.8 Å². The van der Waals surface area contributed by atoms with E-state index in [1.807, 2.05) is 14.0 Å². The Hall–Kier alpha value is -1.69. The lowest BCUT2D eigenvalue weighted by Crippen LogP contribution is -2.14. The van der Waals surface area contributed by atoms with E-state index in [2.05, 4.69) is 15.2 Å². The van der Waals surface area contributed by atoms with Crippen molar-refractivity contribution in [2.24, 2.45) is 12.8 Å². The number of hydrogen-bond acceptors (Lipinski definition) is 5. The second-order valence-electron chi connectivity index (χ2n) is 4.55. The number of aryl methyl sites for hydroxylation is 1. The molecule has 6 heteroatoms. The Morgan fingerprint density at radius 2 is 2.29 bits per heavy atom. The maximum atomic E-state index is 6.13. The number of hydrogen-bond donors (Lipinski definition) is 1. The van der Waals surface area contributed by atoms with Gasteiger partial charge in [-0.1, -0.05) is 5.16 Å². The molecule has 1 aliphatic rings. The van der Waals surface area contributed by atoms with Gasteiger partial charge in [-0.15, -0.1) is 0 Å². The molecule has 1 saturated carbocycles. The van der Waals surface area contributed by atoms with Crippen LogP contribution in [0.15, 0.2) is 10.7 Å².